The summed E-state index contributed by atoms with van der Waals surface area (Å²) < 4.78 is 5.08. The molecule has 0 radical (unpaired) electrons. The second kappa shape index (κ2) is 13.5. The number of hydrogen-bond acceptors (Lipinski definition) is 3. The van der Waals surface area contributed by atoms with Crippen molar-refractivity contribution in [3.8, 4) is 27.9 Å². The van der Waals surface area contributed by atoms with Gasteiger partial charge in [-0.15, -0.1) is 11.3 Å². The molecule has 3 heterocycles. The molecule has 1 aliphatic carbocycles. The molecule has 0 saturated carbocycles. The molecule has 2 aromatic heterocycles. The maximum Gasteiger partial charge on any atom is 0.133 e. The first-order valence-corrected chi connectivity index (χ1v) is 21.7. The van der Waals surface area contributed by atoms with Crippen LogP contribution in [0, 0.1) is 0 Å². The summed E-state index contributed by atoms with van der Waals surface area (Å²) in [5, 5.41) is 8.86. The number of aliphatic imine (C=N–C) groups is 1. The number of amidine groups is 1. The molecule has 0 bridgehead atoms. The maximum absolute atomic E-state index is 5.50. The molecule has 60 heavy (non-hydrogen) atoms. The summed E-state index contributed by atoms with van der Waals surface area (Å²) in [6, 6.07) is 66.6. The largest absolute Gasteiger partial charge is 0.340 e. The Balaban J connectivity index is 1.03. The third-order valence-electron chi connectivity index (χ3n) is 12.9. The lowest BCUT2D eigenvalue weighted by Gasteiger charge is -2.21. The van der Waals surface area contributed by atoms with Crippen LogP contribution in [0.15, 0.2) is 193 Å². The maximum atomic E-state index is 5.50. The van der Waals surface area contributed by atoms with E-state index < -0.39 is 0 Å². The van der Waals surface area contributed by atoms with Gasteiger partial charge in [0.1, 0.15) is 5.84 Å². The van der Waals surface area contributed by atoms with E-state index in [0.717, 1.165) is 29.1 Å². The highest BCUT2D eigenvalue weighted by Crippen LogP contribution is 2.53. The first-order valence-electron chi connectivity index (χ1n) is 20.9. The standard InChI is InChI=1S/C56H41N3S/c1-56(2)45-23-13-12-21-41(45)53-46(56)28-27-40-43-33-37(25-31-49(43)59(54(40)53)39-19-10-5-11-20-39)38-26-32-50-44(34-38)52-42(22-14-24-51(52)60-50)48-30-29-47(35-15-6-3-7-16-35)57-55(58-48)36-17-8-4-9-18-36/h3-29,31-34,48H,30H2,1-2H3,(H,57,58). The van der Waals surface area contributed by atoms with E-state index in [4.69, 9.17) is 4.99 Å². The minimum Gasteiger partial charge on any atom is -0.340 e. The van der Waals surface area contributed by atoms with Gasteiger partial charge in [0.25, 0.3) is 0 Å². The van der Waals surface area contributed by atoms with Crippen molar-refractivity contribution in [1.29, 1.82) is 0 Å². The van der Waals surface area contributed by atoms with Crippen LogP contribution in [-0.4, -0.2) is 10.4 Å². The smallest absolute Gasteiger partial charge is 0.133 e. The van der Waals surface area contributed by atoms with Crippen LogP contribution in [0.4, 0.5) is 0 Å². The van der Waals surface area contributed by atoms with E-state index in [-0.39, 0.29) is 11.5 Å². The van der Waals surface area contributed by atoms with Crippen LogP contribution in [0.1, 0.15) is 54.1 Å². The quantitative estimate of drug-likeness (QED) is 0.185. The van der Waals surface area contributed by atoms with Gasteiger partial charge in [-0.3, -0.25) is 4.99 Å². The molecule has 0 fully saturated rings. The van der Waals surface area contributed by atoms with Gasteiger partial charge in [0.15, 0.2) is 0 Å². The summed E-state index contributed by atoms with van der Waals surface area (Å²) >= 11 is 1.87. The Bertz CT molecular complexity index is 3390. The van der Waals surface area contributed by atoms with Crippen molar-refractivity contribution < 1.29 is 0 Å². The minimum absolute atomic E-state index is 0.0589. The zero-order valence-corrected chi connectivity index (χ0v) is 34.3. The zero-order valence-electron chi connectivity index (χ0n) is 33.5. The van der Waals surface area contributed by atoms with E-state index in [1.165, 1.54) is 86.6 Å². The minimum atomic E-state index is -0.0804. The molecular formula is C56H41N3S. The molecule has 286 valence electrons. The summed E-state index contributed by atoms with van der Waals surface area (Å²) in [5.41, 5.74) is 16.1. The van der Waals surface area contributed by atoms with Crippen molar-refractivity contribution in [2.75, 3.05) is 0 Å². The first-order chi connectivity index (χ1) is 29.5. The molecule has 3 nitrogen and oxygen atoms in total. The summed E-state index contributed by atoms with van der Waals surface area (Å²) in [6.45, 7) is 4.74. The number of fused-ring (bicyclic) bond motifs is 10. The number of nitrogens with one attached hydrogen (secondary N) is 1. The molecule has 10 aromatic rings. The number of nitrogens with zero attached hydrogens (tertiary/aromatic N) is 2. The predicted molar refractivity (Wildman–Crippen MR) is 255 cm³/mol. The molecule has 0 saturated heterocycles. The van der Waals surface area contributed by atoms with Gasteiger partial charge >= 0.3 is 0 Å². The highest BCUT2D eigenvalue weighted by molar-refractivity contribution is 7.25. The normalized spacial score (nSPS) is 15.7. The van der Waals surface area contributed by atoms with E-state index in [0.29, 0.717) is 0 Å². The Labute approximate surface area is 353 Å². The lowest BCUT2D eigenvalue weighted by Crippen LogP contribution is -2.22. The molecular weight excluding hydrogens is 747 g/mol. The van der Waals surface area contributed by atoms with Crippen LogP contribution in [0.2, 0.25) is 0 Å². The van der Waals surface area contributed by atoms with Gasteiger partial charge in [0.05, 0.1) is 17.1 Å². The van der Waals surface area contributed by atoms with E-state index in [1.807, 2.05) is 11.3 Å². The van der Waals surface area contributed by atoms with Gasteiger partial charge in [-0.05, 0) is 87.8 Å². The topological polar surface area (TPSA) is 29.3 Å². The number of aromatic nitrogens is 1. The monoisotopic (exact) mass is 787 g/mol. The van der Waals surface area contributed by atoms with Crippen molar-refractivity contribution in [3.05, 3.63) is 216 Å². The molecule has 1 atom stereocenters. The van der Waals surface area contributed by atoms with Gasteiger partial charge in [0, 0.05) is 58.9 Å². The van der Waals surface area contributed by atoms with Crippen molar-refractivity contribution >= 4 is 64.8 Å². The lowest BCUT2D eigenvalue weighted by atomic mass is 9.82. The number of thiophene rings is 1. The number of hydrogen-bond donors (Lipinski definition) is 1. The molecule has 1 N–H and O–H groups in total. The summed E-state index contributed by atoms with van der Waals surface area (Å²) in [4.78, 5) is 5.50. The highest BCUT2D eigenvalue weighted by atomic mass is 32.1. The van der Waals surface area contributed by atoms with Crippen molar-refractivity contribution in [2.45, 2.75) is 31.7 Å². The highest BCUT2D eigenvalue weighted by Gasteiger charge is 2.37. The van der Waals surface area contributed by atoms with Crippen LogP contribution in [0.25, 0.3) is 75.6 Å². The third-order valence-corrected chi connectivity index (χ3v) is 14.1. The van der Waals surface area contributed by atoms with Crippen LogP contribution in [0.5, 0.6) is 0 Å². The fraction of sp³-hybridized carbons (Fsp3) is 0.0893. The van der Waals surface area contributed by atoms with Crippen molar-refractivity contribution in [2.24, 2.45) is 4.99 Å². The fourth-order valence-electron chi connectivity index (χ4n) is 10.0. The Morgan fingerprint density at radius 1 is 0.583 bits per heavy atom. The summed E-state index contributed by atoms with van der Waals surface area (Å²) in [7, 11) is 0. The van der Waals surface area contributed by atoms with Gasteiger partial charge in [-0.2, -0.15) is 0 Å². The van der Waals surface area contributed by atoms with E-state index in [9.17, 15) is 0 Å². The average Bonchev–Trinajstić information content (AvgIpc) is 3.84. The SMILES string of the molecule is CC1(C)c2ccccc2-c2c1ccc1c3cc(-c4ccc5sc6cccc(C7CC=C(c8ccccc8)NC(c8ccccc8)=N7)c6c5c4)ccc3n(-c3ccccc3)c21. The van der Waals surface area contributed by atoms with Crippen LogP contribution >= 0.6 is 11.3 Å². The Hall–Kier alpha value is -7.01. The van der Waals surface area contributed by atoms with Crippen LogP contribution in [0.3, 0.4) is 0 Å². The summed E-state index contributed by atoms with van der Waals surface area (Å²) in [5.74, 6) is 0.895. The molecule has 12 rings (SSSR count). The first kappa shape index (κ1) is 35.0. The Morgan fingerprint density at radius 3 is 2.08 bits per heavy atom. The Morgan fingerprint density at radius 2 is 1.28 bits per heavy atom. The number of para-hydroxylation sites is 1. The molecule has 0 spiro atoms. The van der Waals surface area contributed by atoms with Gasteiger partial charge < -0.3 is 9.88 Å². The van der Waals surface area contributed by atoms with E-state index >= 15 is 0 Å². The third kappa shape index (κ3) is 5.37. The molecule has 8 aromatic carbocycles. The van der Waals surface area contributed by atoms with Crippen LogP contribution in [-0.2, 0) is 5.41 Å². The van der Waals surface area contributed by atoms with E-state index in [1.54, 1.807) is 0 Å². The molecule has 2 aliphatic rings. The second-order valence-corrected chi connectivity index (χ2v) is 17.8. The molecule has 1 unspecified atom stereocenters. The average molecular weight is 788 g/mol. The molecule has 4 heteroatoms. The van der Waals surface area contributed by atoms with E-state index in [2.05, 4.69) is 212 Å². The van der Waals surface area contributed by atoms with Gasteiger partial charge in [0.2, 0.25) is 0 Å². The molecule has 0 amide bonds. The van der Waals surface area contributed by atoms with Gasteiger partial charge in [-0.1, -0.05) is 159 Å². The number of rotatable bonds is 5. The van der Waals surface area contributed by atoms with Crippen molar-refractivity contribution in [1.82, 2.24) is 9.88 Å². The summed E-state index contributed by atoms with van der Waals surface area (Å²) in [6.07, 6.45) is 3.12. The predicted octanol–water partition coefficient (Wildman–Crippen LogP) is 14.6. The Kier molecular flexibility index (Phi) is 7.88. The molecule has 1 aliphatic heterocycles. The number of benzene rings is 8. The lowest BCUT2D eigenvalue weighted by molar-refractivity contribution is 0.661. The fourth-order valence-corrected chi connectivity index (χ4v) is 11.1. The zero-order chi connectivity index (χ0) is 40.0. The van der Waals surface area contributed by atoms with Crippen molar-refractivity contribution in [3.63, 3.8) is 0 Å². The van der Waals surface area contributed by atoms with Crippen LogP contribution < -0.4 is 5.32 Å². The second-order valence-electron chi connectivity index (χ2n) is 16.7. The van der Waals surface area contributed by atoms with Gasteiger partial charge in [-0.25, -0.2) is 0 Å².